The molecular weight excluding hydrogens is 1740 g/mol. The van der Waals surface area contributed by atoms with Gasteiger partial charge in [0.25, 0.3) is 0 Å². The van der Waals surface area contributed by atoms with E-state index in [2.05, 4.69) is 127 Å². The third kappa shape index (κ3) is 51.4. The van der Waals surface area contributed by atoms with Gasteiger partial charge in [-0.15, -0.1) is 0 Å². The Hall–Kier alpha value is -5.80. The van der Waals surface area contributed by atoms with Crippen LogP contribution in [-0.2, 0) is 94.6 Å². The number of aliphatic carboxylic acids is 1. The number of anilines is 1. The maximum atomic E-state index is 12.0. The maximum absolute atomic E-state index is 12.0. The molecule has 0 bridgehead atoms. The number of ketones is 1. The second-order valence-corrected chi connectivity index (χ2v) is 32.6. The van der Waals surface area contributed by atoms with E-state index in [1.165, 1.54) is 13.2 Å². The molecule has 0 saturated heterocycles. The first-order valence-corrected chi connectivity index (χ1v) is 37.7. The summed E-state index contributed by atoms with van der Waals surface area (Å²) in [6.45, 7) is 32.0. The molecular formula is C69H102Br6ClN9O17. The summed E-state index contributed by atoms with van der Waals surface area (Å²) < 4.78 is 45.0. The summed E-state index contributed by atoms with van der Waals surface area (Å²) in [7, 11) is 1.38. The minimum absolute atomic E-state index is 0.105. The quantitative estimate of drug-likeness (QED) is 0.0113. The van der Waals surface area contributed by atoms with Crippen molar-refractivity contribution in [2.24, 2.45) is 15.1 Å². The highest BCUT2D eigenvalue weighted by atomic mass is 79.9. The normalized spacial score (nSPS) is 11.8. The van der Waals surface area contributed by atoms with Crippen molar-refractivity contribution in [1.82, 2.24) is 18.3 Å². The van der Waals surface area contributed by atoms with E-state index in [1.807, 2.05) is 161 Å². The lowest BCUT2D eigenvalue weighted by Gasteiger charge is -2.20. The fraction of sp³-hybridized carbons (Fsp3) is 0.580. The molecule has 5 N–H and O–H groups in total. The molecule has 0 unspecified atom stereocenters. The van der Waals surface area contributed by atoms with E-state index in [-0.39, 0.29) is 72.2 Å². The van der Waals surface area contributed by atoms with Gasteiger partial charge >= 0.3 is 47.8 Å². The number of ether oxygens (including phenoxy) is 6. The van der Waals surface area contributed by atoms with Crippen LogP contribution in [0.3, 0.4) is 0 Å². The van der Waals surface area contributed by atoms with Crippen LogP contribution in [0.1, 0.15) is 215 Å². The Labute approximate surface area is 655 Å². The van der Waals surface area contributed by atoms with Crippen molar-refractivity contribution in [3.63, 3.8) is 0 Å². The average Bonchev–Trinajstić information content (AvgIpc) is 1.71. The third-order valence-electron chi connectivity index (χ3n) is 11.8. The SMILES string of the molecule is CC(C)(C)OC(=O)CCCBr.CC(C)(C)OC(=O)CCCn1cc(Br)cc1C(=O)O.CC(C)(C)OC(=O)CCCn1cc(Br)cc1CC(=O)OC(C)(C)C.CCC(=O)c1cc(Br)cn1CCCC(=O)OC(C)(C)C.COC(=O)C1=CC(Br)=CC1.N=NN=NCl.Nc1cc(Br)cn1CCCC(=O)O. The zero-order valence-corrected chi connectivity index (χ0v) is 71.6. The third-order valence-corrected chi connectivity index (χ3v) is 14.7. The van der Waals surface area contributed by atoms with Gasteiger partial charge in [-0.3, -0.25) is 33.6 Å². The van der Waals surface area contributed by atoms with Crippen LogP contribution in [0, 0.1) is 5.53 Å². The molecule has 0 saturated carbocycles. The van der Waals surface area contributed by atoms with Crippen LogP contribution in [-0.4, -0.2) is 122 Å². The summed E-state index contributed by atoms with van der Waals surface area (Å²) in [4.78, 5) is 102. The number of aromatic nitrogens is 4. The molecule has 1 aliphatic carbocycles. The second-order valence-electron chi connectivity index (χ2n) is 27.1. The summed E-state index contributed by atoms with van der Waals surface area (Å²) in [5, 5.41) is 23.4. The van der Waals surface area contributed by atoms with Gasteiger partial charge in [0.15, 0.2) is 5.78 Å². The summed E-state index contributed by atoms with van der Waals surface area (Å²) in [6, 6.07) is 7.05. The van der Waals surface area contributed by atoms with Crippen LogP contribution < -0.4 is 5.73 Å². The van der Waals surface area contributed by atoms with E-state index in [9.17, 15) is 43.2 Å². The lowest BCUT2D eigenvalue weighted by Crippen LogP contribution is -2.25. The summed E-state index contributed by atoms with van der Waals surface area (Å²) in [6.07, 6.45) is 17.3. The minimum atomic E-state index is -0.983. The van der Waals surface area contributed by atoms with Gasteiger partial charge in [0.05, 0.1) is 31.0 Å². The molecule has 0 aliphatic heterocycles. The average molecular weight is 1840 g/mol. The molecule has 574 valence electrons. The van der Waals surface area contributed by atoms with Gasteiger partial charge in [-0.1, -0.05) is 49.5 Å². The van der Waals surface area contributed by atoms with Crippen LogP contribution in [0.15, 0.2) is 104 Å². The highest BCUT2D eigenvalue weighted by Crippen LogP contribution is 2.24. The Bertz CT molecular complexity index is 3410. The number of aryl methyl sites for hydroxylation is 4. The standard InChI is InChI=1S/C18H28BrNO4.C15H22BrNO3.C13H18BrNO4.C8H11BrN2O2.C8H15BrO2.C7H7BrO2.ClHN4/c1-17(2,3)23-15(21)8-7-9-20-12-13(19)10-14(20)11-16(22)24-18(4,5)6;1-5-13(18)12-9-11(16)10-17(12)8-6-7-14(19)20-15(2,3)4;1-13(2,3)19-11(16)5-4-6-15-8-9(14)7-10(15)12(17)18;9-6-4-7(10)11(5-6)3-1-2-8(12)13;1-8(2,3)11-7(10)5-4-6-9;1-10-7(9)5-2-3-6(8)4-5;1-3-5-4-2/h10,12H,7-9,11H2,1-6H3;9-10H,5-8H2,1-4H3;7-8H,4-6H2,1-3H3,(H,17,18);4-5H,1-3,10H2,(H,12,13);4-6H2,1-3H3;3-4H,2H2,1H3;2H. The van der Waals surface area contributed by atoms with Crippen LogP contribution in [0.4, 0.5) is 5.82 Å². The van der Waals surface area contributed by atoms with E-state index in [4.69, 9.17) is 45.2 Å². The number of carboxylic acids is 2. The van der Waals surface area contributed by atoms with Crippen LogP contribution >= 0.6 is 107 Å². The fourth-order valence-electron chi connectivity index (χ4n) is 8.14. The first kappa shape index (κ1) is 98.3. The summed E-state index contributed by atoms with van der Waals surface area (Å²) >= 11 is 24.4. The molecule has 0 radical (unpaired) electrons. The van der Waals surface area contributed by atoms with Gasteiger partial charge in [-0.2, -0.15) is 5.53 Å². The van der Waals surface area contributed by atoms with Gasteiger partial charge in [-0.25, -0.2) is 9.59 Å². The van der Waals surface area contributed by atoms with E-state index < -0.39 is 34.3 Å². The maximum Gasteiger partial charge on any atom is 0.352 e. The molecule has 26 nitrogen and oxygen atoms in total. The number of rotatable bonds is 26. The van der Waals surface area contributed by atoms with Crippen molar-refractivity contribution in [2.45, 2.75) is 248 Å². The number of alkyl halides is 1. The van der Waals surface area contributed by atoms with E-state index in [0.717, 1.165) is 35.3 Å². The first-order chi connectivity index (χ1) is 47.0. The van der Waals surface area contributed by atoms with E-state index >= 15 is 0 Å². The van der Waals surface area contributed by atoms with Gasteiger partial charge < -0.3 is 62.6 Å². The molecule has 4 aromatic rings. The number of halogens is 7. The predicted molar refractivity (Wildman–Crippen MR) is 413 cm³/mol. The minimum Gasteiger partial charge on any atom is -0.481 e. The lowest BCUT2D eigenvalue weighted by molar-refractivity contribution is -0.156. The number of carbonyl (C=O) groups excluding carboxylic acids is 7. The Morgan fingerprint density at radius 2 is 0.902 bits per heavy atom. The van der Waals surface area contributed by atoms with Crippen LogP contribution in [0.5, 0.6) is 0 Å². The smallest absolute Gasteiger partial charge is 0.352 e. The number of Topliss-reactive ketones (excluding diaryl/α,β-unsaturated/α-hetero) is 1. The first-order valence-electron chi connectivity index (χ1n) is 32.3. The van der Waals surface area contributed by atoms with Crippen LogP contribution in [0.2, 0.25) is 0 Å². The number of nitrogens with two attached hydrogens (primary N) is 1. The van der Waals surface area contributed by atoms with Gasteiger partial charge in [0, 0.05) is 128 Å². The second kappa shape index (κ2) is 49.8. The van der Waals surface area contributed by atoms with Crippen molar-refractivity contribution >= 4 is 167 Å². The van der Waals surface area contributed by atoms with E-state index in [1.54, 1.807) is 22.9 Å². The number of allylic oxidation sites excluding steroid dienone is 3. The number of methoxy groups -OCH3 is 1. The molecule has 0 spiro atoms. The molecule has 1 aliphatic rings. The summed E-state index contributed by atoms with van der Waals surface area (Å²) in [5.74, 6) is -2.30. The molecule has 5 rings (SSSR count). The lowest BCUT2D eigenvalue weighted by atomic mass is 10.2. The van der Waals surface area contributed by atoms with Crippen molar-refractivity contribution in [2.75, 3.05) is 18.2 Å². The van der Waals surface area contributed by atoms with Gasteiger partial charge in [0.1, 0.15) is 39.5 Å². The highest BCUT2D eigenvalue weighted by Gasteiger charge is 2.22. The number of hydrogen-bond acceptors (Lipinski definition) is 18. The zero-order chi connectivity index (χ0) is 78.9. The Morgan fingerprint density at radius 3 is 1.25 bits per heavy atom. The van der Waals surface area contributed by atoms with Crippen LogP contribution in [0.25, 0.3) is 0 Å². The molecule has 0 aromatic carbocycles. The van der Waals surface area contributed by atoms with Crippen molar-refractivity contribution in [3.8, 4) is 0 Å². The number of carboxylic acid groups (broad SMARTS) is 2. The predicted octanol–water partition coefficient (Wildman–Crippen LogP) is 18.8. The van der Waals surface area contributed by atoms with Crippen molar-refractivity contribution < 1.29 is 81.8 Å². The highest BCUT2D eigenvalue weighted by molar-refractivity contribution is 9.12. The van der Waals surface area contributed by atoms with Crippen molar-refractivity contribution in [3.05, 3.63) is 106 Å². The van der Waals surface area contributed by atoms with Crippen molar-refractivity contribution in [1.29, 1.82) is 5.53 Å². The van der Waals surface area contributed by atoms with Gasteiger partial charge in [0.2, 0.25) is 0 Å². The molecule has 4 heterocycles. The molecule has 102 heavy (non-hydrogen) atoms. The fourth-order valence-corrected chi connectivity index (χ4v) is 10.8. The molecule has 0 fully saturated rings. The number of hydrogen-bond donors (Lipinski definition) is 4. The Balaban J connectivity index is 0. The molecule has 33 heteroatoms. The zero-order valence-electron chi connectivity index (χ0n) is 61.4. The number of aromatic carboxylic acids is 1. The topological polar surface area (TPSA) is 356 Å². The van der Waals surface area contributed by atoms with Gasteiger partial charge in [-0.05, 0) is 247 Å². The number of esters is 6. The number of nitrogens with zero attached hydrogens (tertiary/aromatic N) is 7. The van der Waals surface area contributed by atoms with E-state index in [0.29, 0.717) is 106 Å². The Morgan fingerprint density at radius 1 is 0.539 bits per heavy atom. The number of carbonyl (C=O) groups is 9. The Kier molecular flexibility index (Phi) is 48.0. The number of nitrogens with one attached hydrogen (secondary N) is 1. The molecule has 0 amide bonds. The summed E-state index contributed by atoms with van der Waals surface area (Å²) in [5.41, 5.74) is 11.7. The monoisotopic (exact) mass is 1840 g/mol. The largest absolute Gasteiger partial charge is 0.481 e. The molecule has 0 atom stereocenters. The molecule has 4 aromatic heterocycles. The number of nitrogen functional groups attached to an aromatic ring is 1.